The monoisotopic (exact) mass is 427 g/mol. The summed E-state index contributed by atoms with van der Waals surface area (Å²) in [4.78, 5) is 19.2. The number of hydrogen-bond donors (Lipinski definition) is 0. The van der Waals surface area contributed by atoms with Crippen molar-refractivity contribution in [3.05, 3.63) is 56.8 Å². The number of hydrogen-bond acceptors (Lipinski definition) is 4. The highest BCUT2D eigenvalue weighted by Crippen LogP contribution is 2.35. The van der Waals surface area contributed by atoms with Crippen molar-refractivity contribution in [3.8, 4) is 0 Å². The number of thioether (sulfide) groups is 1. The van der Waals surface area contributed by atoms with E-state index in [0.717, 1.165) is 34.3 Å². The maximum Gasteiger partial charge on any atom is 0.175 e. The Morgan fingerprint density at radius 2 is 1.97 bits per heavy atom. The van der Waals surface area contributed by atoms with E-state index < -0.39 is 0 Å². The fourth-order valence-electron chi connectivity index (χ4n) is 4.38. The number of thiophene rings is 1. The maximum absolute atomic E-state index is 13.1. The summed E-state index contributed by atoms with van der Waals surface area (Å²) in [5.41, 5.74) is 5.39. The number of ketones is 1. The van der Waals surface area contributed by atoms with Gasteiger partial charge in [0.15, 0.2) is 10.9 Å². The third-order valence-corrected chi connectivity index (χ3v) is 7.96. The Hall–Kier alpha value is -1.79. The van der Waals surface area contributed by atoms with E-state index in [0.29, 0.717) is 11.8 Å². The second kappa shape index (κ2) is 8.52. The summed E-state index contributed by atoms with van der Waals surface area (Å²) >= 11 is 3.35. The minimum Gasteiger partial charge on any atom is -0.343 e. The van der Waals surface area contributed by atoms with Gasteiger partial charge in [0, 0.05) is 33.6 Å². The summed E-state index contributed by atoms with van der Waals surface area (Å²) in [6.07, 6.45) is 5.03. The molecule has 3 heterocycles. The molecule has 1 aliphatic carbocycles. The van der Waals surface area contributed by atoms with Crippen LogP contribution in [0.2, 0.25) is 0 Å². The number of aromatic nitrogens is 3. The zero-order valence-electron chi connectivity index (χ0n) is 17.7. The van der Waals surface area contributed by atoms with Crippen LogP contribution in [0.15, 0.2) is 28.7 Å². The topological polar surface area (TPSA) is 39.8 Å². The Labute approximate surface area is 181 Å². The Balaban J connectivity index is 1.50. The Morgan fingerprint density at radius 3 is 2.66 bits per heavy atom. The summed E-state index contributed by atoms with van der Waals surface area (Å²) < 4.78 is 4.64. The van der Waals surface area contributed by atoms with Crippen LogP contribution in [0.1, 0.15) is 69.7 Å². The smallest absolute Gasteiger partial charge is 0.175 e. The molecule has 1 aliphatic rings. The van der Waals surface area contributed by atoms with Gasteiger partial charge in [-0.2, -0.15) is 0 Å². The van der Waals surface area contributed by atoms with Crippen LogP contribution in [0.25, 0.3) is 0 Å². The average molecular weight is 428 g/mol. The molecule has 1 saturated carbocycles. The molecule has 0 aliphatic heterocycles. The quantitative estimate of drug-likeness (QED) is 0.337. The summed E-state index contributed by atoms with van der Waals surface area (Å²) in [6.45, 7) is 9.21. The van der Waals surface area contributed by atoms with Crippen LogP contribution in [0.5, 0.6) is 0 Å². The third-order valence-electron chi connectivity index (χ3n) is 6.14. The number of imidazole rings is 1. The normalized spacial score (nSPS) is 14.8. The van der Waals surface area contributed by atoms with Crippen LogP contribution in [-0.4, -0.2) is 25.7 Å². The van der Waals surface area contributed by atoms with E-state index in [1.165, 1.54) is 36.3 Å². The van der Waals surface area contributed by atoms with Gasteiger partial charge in [-0.15, -0.1) is 11.3 Å². The number of nitrogens with zero attached hydrogens (tertiary/aromatic N) is 3. The lowest BCUT2D eigenvalue weighted by Gasteiger charge is -2.16. The molecule has 3 aromatic rings. The average Bonchev–Trinajstić information content (AvgIpc) is 3.47. The lowest BCUT2D eigenvalue weighted by molar-refractivity contribution is 0.102. The molecule has 0 radical (unpaired) electrons. The van der Waals surface area contributed by atoms with Gasteiger partial charge in [0.1, 0.15) is 0 Å². The number of Topliss-reactive ketones (excluding diaryl/α,β-unsaturated/α-hetero) is 1. The molecule has 0 unspecified atom stereocenters. The van der Waals surface area contributed by atoms with E-state index in [4.69, 9.17) is 4.98 Å². The molecule has 0 atom stereocenters. The first kappa shape index (κ1) is 20.5. The summed E-state index contributed by atoms with van der Waals surface area (Å²) in [5.74, 6) is 0.628. The molecule has 29 heavy (non-hydrogen) atoms. The first-order valence-corrected chi connectivity index (χ1v) is 12.2. The summed E-state index contributed by atoms with van der Waals surface area (Å²) in [7, 11) is 0. The Kier molecular flexibility index (Phi) is 6.02. The van der Waals surface area contributed by atoms with E-state index in [9.17, 15) is 4.79 Å². The Bertz CT molecular complexity index is 1010. The minimum atomic E-state index is 0.191. The van der Waals surface area contributed by atoms with Crippen molar-refractivity contribution in [2.45, 2.75) is 71.1 Å². The Morgan fingerprint density at radius 1 is 1.21 bits per heavy atom. The molecule has 0 saturated heterocycles. The second-order valence-electron chi connectivity index (χ2n) is 8.04. The van der Waals surface area contributed by atoms with E-state index >= 15 is 0 Å². The molecule has 1 fully saturated rings. The molecular weight excluding hydrogens is 398 g/mol. The predicted octanol–water partition coefficient (Wildman–Crippen LogP) is 6.12. The molecule has 0 amide bonds. The molecule has 0 N–H and O–H groups in total. The van der Waals surface area contributed by atoms with E-state index in [1.54, 1.807) is 23.1 Å². The standard InChI is InChI=1S/C23H29N3OS2/c1-15-12-21(18(4)25(15)13-20-10-7-11-28-20)22(27)14-29-23-24-16(2)17(3)26(23)19-8-5-6-9-19/h7,10-12,19H,5-6,8-9,13-14H2,1-4H3. The van der Waals surface area contributed by atoms with E-state index in [1.807, 2.05) is 6.07 Å². The van der Waals surface area contributed by atoms with Crippen molar-refractivity contribution in [3.63, 3.8) is 0 Å². The largest absolute Gasteiger partial charge is 0.343 e. The second-order valence-corrected chi connectivity index (χ2v) is 10.0. The first-order chi connectivity index (χ1) is 14.0. The zero-order chi connectivity index (χ0) is 20.5. The SMILES string of the molecule is Cc1nc(SCC(=O)c2cc(C)n(Cc3cccs3)c2C)n(C2CCCC2)c1C. The molecule has 154 valence electrons. The lowest BCUT2D eigenvalue weighted by atomic mass is 10.2. The highest BCUT2D eigenvalue weighted by atomic mass is 32.2. The lowest BCUT2D eigenvalue weighted by Crippen LogP contribution is -2.10. The number of aryl methyl sites for hydroxylation is 2. The molecule has 0 bridgehead atoms. The van der Waals surface area contributed by atoms with Crippen molar-refractivity contribution in [2.24, 2.45) is 0 Å². The molecular formula is C23H29N3OS2. The van der Waals surface area contributed by atoms with Crippen LogP contribution >= 0.6 is 23.1 Å². The molecule has 3 aromatic heterocycles. The van der Waals surface area contributed by atoms with Gasteiger partial charge >= 0.3 is 0 Å². The summed E-state index contributed by atoms with van der Waals surface area (Å²) in [5, 5.41) is 3.11. The number of carbonyl (C=O) groups is 1. The van der Waals surface area contributed by atoms with Gasteiger partial charge in [-0.05, 0) is 58.0 Å². The van der Waals surface area contributed by atoms with Crippen LogP contribution in [0.3, 0.4) is 0 Å². The van der Waals surface area contributed by atoms with Gasteiger partial charge in [-0.25, -0.2) is 4.98 Å². The maximum atomic E-state index is 13.1. The van der Waals surface area contributed by atoms with Crippen molar-refractivity contribution in [2.75, 3.05) is 5.75 Å². The number of carbonyl (C=O) groups excluding carboxylic acids is 1. The van der Waals surface area contributed by atoms with Gasteiger partial charge in [-0.3, -0.25) is 4.79 Å². The van der Waals surface area contributed by atoms with Crippen molar-refractivity contribution in [1.29, 1.82) is 0 Å². The molecule has 4 rings (SSSR count). The number of rotatable bonds is 7. The highest BCUT2D eigenvalue weighted by Gasteiger charge is 2.24. The van der Waals surface area contributed by atoms with Crippen LogP contribution in [0.4, 0.5) is 0 Å². The zero-order valence-corrected chi connectivity index (χ0v) is 19.3. The van der Waals surface area contributed by atoms with Crippen molar-refractivity contribution >= 4 is 28.9 Å². The van der Waals surface area contributed by atoms with Crippen LogP contribution in [0, 0.1) is 27.7 Å². The molecule has 6 heteroatoms. The highest BCUT2D eigenvalue weighted by molar-refractivity contribution is 7.99. The third kappa shape index (κ3) is 4.10. The van der Waals surface area contributed by atoms with Gasteiger partial charge in [0.25, 0.3) is 0 Å². The van der Waals surface area contributed by atoms with Crippen molar-refractivity contribution in [1.82, 2.24) is 14.1 Å². The minimum absolute atomic E-state index is 0.191. The van der Waals surface area contributed by atoms with Gasteiger partial charge in [0.2, 0.25) is 0 Å². The molecule has 0 aromatic carbocycles. The van der Waals surface area contributed by atoms with Crippen molar-refractivity contribution < 1.29 is 4.79 Å². The molecule has 4 nitrogen and oxygen atoms in total. The summed E-state index contributed by atoms with van der Waals surface area (Å²) in [6, 6.07) is 6.82. The first-order valence-electron chi connectivity index (χ1n) is 10.4. The fourth-order valence-corrected chi connectivity index (χ4v) is 6.12. The van der Waals surface area contributed by atoms with Gasteiger partial charge < -0.3 is 9.13 Å². The van der Waals surface area contributed by atoms with Crippen LogP contribution < -0.4 is 0 Å². The predicted molar refractivity (Wildman–Crippen MR) is 122 cm³/mol. The van der Waals surface area contributed by atoms with Gasteiger partial charge in [-0.1, -0.05) is 30.7 Å². The van der Waals surface area contributed by atoms with Gasteiger partial charge in [0.05, 0.1) is 18.0 Å². The van der Waals surface area contributed by atoms with E-state index in [2.05, 4.69) is 54.3 Å². The molecule has 0 spiro atoms. The van der Waals surface area contributed by atoms with Crippen LogP contribution in [-0.2, 0) is 6.54 Å². The fraction of sp³-hybridized carbons (Fsp3) is 0.478. The van der Waals surface area contributed by atoms with E-state index in [-0.39, 0.29) is 5.78 Å².